The molecule has 4 heterocycles. The van der Waals surface area contributed by atoms with Gasteiger partial charge in [0, 0.05) is 25.2 Å². The first-order valence-electron chi connectivity index (χ1n) is 8.06. The van der Waals surface area contributed by atoms with E-state index in [-0.39, 0.29) is 24.4 Å². The molecule has 8 heteroatoms. The number of pyridine rings is 1. The third-order valence-electron chi connectivity index (χ3n) is 4.99. The molecule has 2 fully saturated rings. The smallest absolute Gasteiger partial charge is 0.316 e. The van der Waals surface area contributed by atoms with Crippen LogP contribution in [0.15, 0.2) is 30.5 Å². The van der Waals surface area contributed by atoms with Gasteiger partial charge >= 0.3 is 5.97 Å². The predicted octanol–water partition coefficient (Wildman–Crippen LogP) is 0.733. The third-order valence-corrected chi connectivity index (χ3v) is 4.99. The van der Waals surface area contributed by atoms with Crippen LogP contribution in [-0.2, 0) is 14.3 Å². The van der Waals surface area contributed by atoms with Gasteiger partial charge in [0.25, 0.3) is 5.91 Å². The van der Waals surface area contributed by atoms with Crippen molar-refractivity contribution in [1.29, 1.82) is 0 Å². The molecule has 0 unspecified atom stereocenters. The molecule has 1 N–H and O–H groups in total. The lowest BCUT2D eigenvalue weighted by molar-refractivity contribution is -0.153. The number of rotatable bonds is 3. The van der Waals surface area contributed by atoms with Gasteiger partial charge in [-0.2, -0.15) is 5.10 Å². The van der Waals surface area contributed by atoms with E-state index >= 15 is 0 Å². The van der Waals surface area contributed by atoms with Crippen molar-refractivity contribution in [3.05, 3.63) is 36.2 Å². The van der Waals surface area contributed by atoms with Gasteiger partial charge in [0.1, 0.15) is 16.8 Å². The van der Waals surface area contributed by atoms with Crippen molar-refractivity contribution in [2.75, 3.05) is 33.4 Å². The quantitative estimate of drug-likeness (QED) is 0.826. The zero-order valence-corrected chi connectivity index (χ0v) is 13.8. The molecule has 2 aromatic heterocycles. The number of methoxy groups -OCH3 is 1. The lowest BCUT2D eigenvalue weighted by Crippen LogP contribution is -2.41. The number of H-pyrrole nitrogens is 1. The summed E-state index contributed by atoms with van der Waals surface area (Å²) in [5.74, 6) is -0.543. The maximum atomic E-state index is 12.8. The number of amides is 1. The summed E-state index contributed by atoms with van der Waals surface area (Å²) in [5, 5.41) is 6.94. The van der Waals surface area contributed by atoms with Gasteiger partial charge in [-0.05, 0) is 18.2 Å². The highest BCUT2D eigenvalue weighted by molar-refractivity contribution is 5.94. The number of ether oxygens (including phenoxy) is 2. The fourth-order valence-corrected chi connectivity index (χ4v) is 3.63. The summed E-state index contributed by atoms with van der Waals surface area (Å²) in [5.41, 5.74) is 0.917. The summed E-state index contributed by atoms with van der Waals surface area (Å²) in [7, 11) is 1.37. The lowest BCUT2D eigenvalue weighted by atomic mass is 9.81. The predicted molar refractivity (Wildman–Crippen MR) is 86.5 cm³/mol. The maximum Gasteiger partial charge on any atom is 0.316 e. The van der Waals surface area contributed by atoms with Crippen molar-refractivity contribution < 1.29 is 19.1 Å². The molecule has 0 radical (unpaired) electrons. The molecule has 2 aliphatic heterocycles. The number of aromatic nitrogens is 3. The molecule has 8 nitrogen and oxygen atoms in total. The highest BCUT2D eigenvalue weighted by Gasteiger charge is 2.57. The molecule has 0 saturated carbocycles. The average molecular weight is 342 g/mol. The van der Waals surface area contributed by atoms with E-state index in [1.807, 2.05) is 18.2 Å². The molecule has 25 heavy (non-hydrogen) atoms. The molecule has 130 valence electrons. The van der Waals surface area contributed by atoms with Crippen molar-refractivity contribution >= 4 is 11.9 Å². The van der Waals surface area contributed by atoms with E-state index in [4.69, 9.17) is 9.47 Å². The molecule has 1 amide bonds. The summed E-state index contributed by atoms with van der Waals surface area (Å²) in [6, 6.07) is 7.19. The van der Waals surface area contributed by atoms with Crippen molar-refractivity contribution in [2.24, 2.45) is 11.3 Å². The Bertz CT molecular complexity index is 806. The second-order valence-electron chi connectivity index (χ2n) is 6.43. The van der Waals surface area contributed by atoms with Gasteiger partial charge in [0.15, 0.2) is 0 Å². The molecule has 4 rings (SSSR count). The molecule has 2 saturated heterocycles. The summed E-state index contributed by atoms with van der Waals surface area (Å²) in [4.78, 5) is 31.0. The minimum Gasteiger partial charge on any atom is -0.468 e. The molecule has 2 atom stereocenters. The monoisotopic (exact) mass is 342 g/mol. The third kappa shape index (κ3) is 2.49. The molecule has 0 spiro atoms. The number of hydrogen-bond acceptors (Lipinski definition) is 6. The van der Waals surface area contributed by atoms with Crippen LogP contribution in [0.2, 0.25) is 0 Å². The Labute approximate surface area is 144 Å². The van der Waals surface area contributed by atoms with Crippen LogP contribution in [0.3, 0.4) is 0 Å². The molecule has 2 aliphatic rings. The first-order chi connectivity index (χ1) is 12.1. The Balaban J connectivity index is 1.55. The van der Waals surface area contributed by atoms with Crippen LogP contribution in [-0.4, -0.2) is 65.4 Å². The SMILES string of the molecule is COC(=O)[C@@]12COC[C@@H]1CN(C(=O)c1cc(-c3ccccn3)n[nH]1)C2. The first-order valence-corrected chi connectivity index (χ1v) is 8.06. The van der Waals surface area contributed by atoms with Gasteiger partial charge < -0.3 is 14.4 Å². The van der Waals surface area contributed by atoms with Crippen LogP contribution < -0.4 is 0 Å². The Morgan fingerprint density at radius 1 is 1.40 bits per heavy atom. The lowest BCUT2D eigenvalue weighted by Gasteiger charge is -2.23. The summed E-state index contributed by atoms with van der Waals surface area (Å²) in [6.45, 7) is 1.50. The second kappa shape index (κ2) is 5.96. The first kappa shape index (κ1) is 15.8. The highest BCUT2D eigenvalue weighted by atomic mass is 16.5. The van der Waals surface area contributed by atoms with Gasteiger partial charge in [-0.1, -0.05) is 6.07 Å². The van der Waals surface area contributed by atoms with Crippen molar-refractivity contribution in [1.82, 2.24) is 20.1 Å². The van der Waals surface area contributed by atoms with E-state index in [2.05, 4.69) is 15.2 Å². The van der Waals surface area contributed by atoms with Gasteiger partial charge in [-0.15, -0.1) is 0 Å². The number of hydrogen-bond donors (Lipinski definition) is 1. The van der Waals surface area contributed by atoms with Crippen LogP contribution in [0.25, 0.3) is 11.4 Å². The molecular formula is C17H18N4O4. The van der Waals surface area contributed by atoms with Gasteiger partial charge in [-0.3, -0.25) is 19.7 Å². The average Bonchev–Trinajstić information content (AvgIpc) is 3.35. The van der Waals surface area contributed by atoms with Gasteiger partial charge in [-0.25, -0.2) is 0 Å². The molecule has 0 aliphatic carbocycles. The molecule has 2 aromatic rings. The van der Waals surface area contributed by atoms with E-state index in [1.54, 1.807) is 17.2 Å². The summed E-state index contributed by atoms with van der Waals surface area (Å²) >= 11 is 0. The van der Waals surface area contributed by atoms with E-state index in [0.29, 0.717) is 36.8 Å². The van der Waals surface area contributed by atoms with Crippen molar-refractivity contribution in [3.8, 4) is 11.4 Å². The van der Waals surface area contributed by atoms with Gasteiger partial charge in [0.05, 0.1) is 26.0 Å². The van der Waals surface area contributed by atoms with E-state index in [9.17, 15) is 9.59 Å². The van der Waals surface area contributed by atoms with Crippen LogP contribution in [0.1, 0.15) is 10.5 Å². The fourth-order valence-electron chi connectivity index (χ4n) is 3.63. The van der Waals surface area contributed by atoms with E-state index in [0.717, 1.165) is 0 Å². The van der Waals surface area contributed by atoms with Crippen LogP contribution >= 0.6 is 0 Å². The largest absolute Gasteiger partial charge is 0.468 e. The standard InChI is InChI=1S/C17H18N4O4/c1-24-16(23)17-9-21(7-11(17)8-25-10-17)15(22)14-6-13(19-20-14)12-4-2-3-5-18-12/h2-6,11H,7-10H2,1H3,(H,19,20)/t11-,17-/m0/s1. The van der Waals surface area contributed by atoms with Crippen molar-refractivity contribution in [2.45, 2.75) is 0 Å². The molecule has 0 bridgehead atoms. The number of fused-ring (bicyclic) bond motifs is 1. The normalized spacial score (nSPS) is 25.0. The van der Waals surface area contributed by atoms with Crippen molar-refractivity contribution in [3.63, 3.8) is 0 Å². The van der Waals surface area contributed by atoms with Crippen LogP contribution in [0.4, 0.5) is 0 Å². The fraction of sp³-hybridized carbons (Fsp3) is 0.412. The van der Waals surface area contributed by atoms with Crippen LogP contribution in [0, 0.1) is 11.3 Å². The minimum atomic E-state index is -0.756. The molecular weight excluding hydrogens is 324 g/mol. The highest BCUT2D eigenvalue weighted by Crippen LogP contribution is 2.42. The van der Waals surface area contributed by atoms with Gasteiger partial charge in [0.2, 0.25) is 0 Å². The topological polar surface area (TPSA) is 97.4 Å². The number of carbonyl (C=O) groups excluding carboxylic acids is 2. The Morgan fingerprint density at radius 2 is 2.28 bits per heavy atom. The Morgan fingerprint density at radius 3 is 3.04 bits per heavy atom. The number of likely N-dealkylation sites (tertiary alicyclic amines) is 1. The van der Waals surface area contributed by atoms with E-state index < -0.39 is 5.41 Å². The number of nitrogens with one attached hydrogen (secondary N) is 1. The Hall–Kier alpha value is -2.74. The Kier molecular flexibility index (Phi) is 3.76. The van der Waals surface area contributed by atoms with E-state index in [1.165, 1.54) is 7.11 Å². The zero-order chi connectivity index (χ0) is 17.4. The number of aromatic amines is 1. The second-order valence-corrected chi connectivity index (χ2v) is 6.43. The maximum absolute atomic E-state index is 12.8. The van der Waals surface area contributed by atoms with Crippen LogP contribution in [0.5, 0.6) is 0 Å². The zero-order valence-electron chi connectivity index (χ0n) is 13.8. The number of nitrogens with zero attached hydrogens (tertiary/aromatic N) is 3. The molecule has 0 aromatic carbocycles. The summed E-state index contributed by atoms with van der Waals surface area (Å²) < 4.78 is 10.4. The number of carbonyl (C=O) groups is 2. The summed E-state index contributed by atoms with van der Waals surface area (Å²) in [6.07, 6.45) is 1.67. The minimum absolute atomic E-state index is 0.0397. The number of esters is 1.